The van der Waals surface area contributed by atoms with Crippen molar-refractivity contribution in [2.45, 2.75) is 32.3 Å². The number of nitrogens with zero attached hydrogens (tertiary/aromatic N) is 1. The Morgan fingerprint density at radius 1 is 1.32 bits per heavy atom. The highest BCUT2D eigenvalue weighted by Gasteiger charge is 2.30. The summed E-state index contributed by atoms with van der Waals surface area (Å²) in [5.41, 5.74) is 2.32. The van der Waals surface area contributed by atoms with Crippen LogP contribution in [0, 0.1) is 5.92 Å². The summed E-state index contributed by atoms with van der Waals surface area (Å²) >= 11 is 0. The number of carbonyl (C=O) groups excluding carboxylic acids is 1. The Balaban J connectivity index is 2.00. The van der Waals surface area contributed by atoms with Gasteiger partial charge < -0.3 is 9.64 Å². The van der Waals surface area contributed by atoms with Gasteiger partial charge >= 0.3 is 0 Å². The molecule has 3 heteroatoms. The van der Waals surface area contributed by atoms with Gasteiger partial charge in [0, 0.05) is 13.1 Å². The zero-order valence-corrected chi connectivity index (χ0v) is 11.7. The maximum Gasteiger partial charge on any atom is 0.252 e. The summed E-state index contributed by atoms with van der Waals surface area (Å²) in [7, 11) is 0. The van der Waals surface area contributed by atoms with Crippen molar-refractivity contribution in [3.8, 4) is 0 Å². The van der Waals surface area contributed by atoms with Gasteiger partial charge in [-0.25, -0.2) is 0 Å². The monoisotopic (exact) mass is 261 g/mol. The quantitative estimate of drug-likeness (QED) is 0.781. The van der Waals surface area contributed by atoms with Gasteiger partial charge in [-0.15, -0.1) is 0 Å². The lowest BCUT2D eigenvalue weighted by Crippen LogP contribution is -2.45. The first-order valence-electron chi connectivity index (χ1n) is 7.03. The third kappa shape index (κ3) is 3.16. The van der Waals surface area contributed by atoms with Crippen molar-refractivity contribution in [3.63, 3.8) is 0 Å². The summed E-state index contributed by atoms with van der Waals surface area (Å²) in [6.07, 6.45) is 6.24. The third-order valence-corrected chi connectivity index (χ3v) is 4.01. The fraction of sp³-hybridized carbons (Fsp3) is 0.562. The van der Waals surface area contributed by atoms with Crippen LogP contribution in [0.2, 0.25) is 0 Å². The largest absolute Gasteiger partial charge is 0.368 e. The molecule has 19 heavy (non-hydrogen) atoms. The highest BCUT2D eigenvalue weighted by Crippen LogP contribution is 2.24. The molecule has 2 atom stereocenters. The Morgan fingerprint density at radius 3 is 2.63 bits per heavy atom. The molecule has 3 nitrogen and oxygen atoms in total. The minimum absolute atomic E-state index is 0.134. The van der Waals surface area contributed by atoms with Crippen LogP contribution in [-0.2, 0) is 9.53 Å². The molecule has 0 spiro atoms. The molecule has 104 valence electrons. The zero-order valence-electron chi connectivity index (χ0n) is 11.7. The van der Waals surface area contributed by atoms with Crippen LogP contribution < -0.4 is 0 Å². The Labute approximate surface area is 115 Å². The molecule has 0 aliphatic carbocycles. The number of carbonyl (C=O) groups is 1. The van der Waals surface area contributed by atoms with E-state index in [1.165, 1.54) is 5.57 Å². The number of amides is 1. The van der Waals surface area contributed by atoms with Gasteiger partial charge in [0.15, 0.2) is 0 Å². The normalized spacial score (nSPS) is 28.2. The van der Waals surface area contributed by atoms with Crippen LogP contribution in [0.5, 0.6) is 0 Å². The van der Waals surface area contributed by atoms with E-state index in [0.29, 0.717) is 19.1 Å². The van der Waals surface area contributed by atoms with E-state index < -0.39 is 0 Å². The first-order valence-corrected chi connectivity index (χ1v) is 7.03. The van der Waals surface area contributed by atoms with Gasteiger partial charge in [0.1, 0.15) is 6.10 Å². The molecule has 2 aliphatic heterocycles. The predicted octanol–water partition coefficient (Wildman–Crippen LogP) is 2.70. The Hall–Kier alpha value is -1.35. The van der Waals surface area contributed by atoms with E-state index in [2.05, 4.69) is 20.1 Å². The Morgan fingerprint density at radius 2 is 2.05 bits per heavy atom. The summed E-state index contributed by atoms with van der Waals surface area (Å²) in [4.78, 5) is 14.3. The number of allylic oxidation sites excluding steroid dienone is 1. The van der Waals surface area contributed by atoms with Crippen LogP contribution in [0.15, 0.2) is 36.5 Å². The molecule has 1 saturated heterocycles. The molecule has 0 bridgehead atoms. The number of ether oxygens (including phenoxy) is 1. The highest BCUT2D eigenvalue weighted by molar-refractivity contribution is 5.81. The predicted molar refractivity (Wildman–Crippen MR) is 76.8 cm³/mol. The molecular weight excluding hydrogens is 238 g/mol. The summed E-state index contributed by atoms with van der Waals surface area (Å²) in [5, 5.41) is 0. The van der Waals surface area contributed by atoms with Gasteiger partial charge in [0.25, 0.3) is 5.91 Å². The second kappa shape index (κ2) is 6.20. The SMILES string of the molecule is C=CC1=C(C=C)CN(C(=O)[C@H]2CC[C@H](C)CO2)CC1. The third-order valence-electron chi connectivity index (χ3n) is 4.01. The summed E-state index contributed by atoms with van der Waals surface area (Å²) in [5.74, 6) is 0.704. The molecule has 0 N–H and O–H groups in total. The standard InChI is InChI=1S/C16H23NO2/c1-4-13-8-9-17(10-14(13)5-2)16(18)15-7-6-12(3)11-19-15/h4-5,12,15H,1-2,6-11H2,3H3/t12-,15+/m0/s1. The van der Waals surface area contributed by atoms with Crippen molar-refractivity contribution in [3.05, 3.63) is 36.5 Å². The molecule has 0 unspecified atom stereocenters. The molecule has 2 heterocycles. The number of rotatable bonds is 3. The first-order chi connectivity index (χ1) is 9.15. The smallest absolute Gasteiger partial charge is 0.252 e. The van der Waals surface area contributed by atoms with Crippen LogP contribution in [0.3, 0.4) is 0 Å². The molecule has 0 radical (unpaired) electrons. The number of hydrogen-bond donors (Lipinski definition) is 0. The van der Waals surface area contributed by atoms with E-state index in [-0.39, 0.29) is 12.0 Å². The lowest BCUT2D eigenvalue weighted by molar-refractivity contribution is -0.148. The lowest BCUT2D eigenvalue weighted by atomic mass is 9.97. The van der Waals surface area contributed by atoms with Crippen LogP contribution in [0.1, 0.15) is 26.2 Å². The minimum Gasteiger partial charge on any atom is -0.368 e. The van der Waals surface area contributed by atoms with Crippen molar-refractivity contribution in [1.82, 2.24) is 4.90 Å². The summed E-state index contributed by atoms with van der Waals surface area (Å²) < 4.78 is 5.67. The van der Waals surface area contributed by atoms with E-state index in [1.807, 2.05) is 17.1 Å². The van der Waals surface area contributed by atoms with Crippen LogP contribution in [0.25, 0.3) is 0 Å². The van der Waals surface area contributed by atoms with Crippen molar-refractivity contribution < 1.29 is 9.53 Å². The second-order valence-electron chi connectivity index (χ2n) is 5.47. The molecule has 1 amide bonds. The Bertz CT molecular complexity index is 403. The molecule has 1 fully saturated rings. The molecular formula is C16H23NO2. The van der Waals surface area contributed by atoms with Crippen LogP contribution in [-0.4, -0.2) is 36.6 Å². The van der Waals surface area contributed by atoms with Gasteiger partial charge in [0.05, 0.1) is 6.61 Å². The van der Waals surface area contributed by atoms with Gasteiger partial charge in [0.2, 0.25) is 0 Å². The van der Waals surface area contributed by atoms with Gasteiger partial charge in [-0.3, -0.25) is 4.79 Å². The fourth-order valence-corrected chi connectivity index (χ4v) is 2.70. The Kier molecular flexibility index (Phi) is 4.59. The van der Waals surface area contributed by atoms with Crippen molar-refractivity contribution in [2.24, 2.45) is 5.92 Å². The van der Waals surface area contributed by atoms with Crippen LogP contribution >= 0.6 is 0 Å². The lowest BCUT2D eigenvalue weighted by Gasteiger charge is -2.34. The topological polar surface area (TPSA) is 29.5 Å². The molecule has 0 aromatic heterocycles. The van der Waals surface area contributed by atoms with Gasteiger partial charge in [-0.2, -0.15) is 0 Å². The van der Waals surface area contributed by atoms with Crippen LogP contribution in [0.4, 0.5) is 0 Å². The molecule has 2 aliphatic rings. The highest BCUT2D eigenvalue weighted by atomic mass is 16.5. The molecule has 0 aromatic rings. The fourth-order valence-electron chi connectivity index (χ4n) is 2.70. The maximum absolute atomic E-state index is 12.4. The van der Waals surface area contributed by atoms with Crippen molar-refractivity contribution >= 4 is 5.91 Å². The zero-order chi connectivity index (χ0) is 13.8. The van der Waals surface area contributed by atoms with E-state index in [9.17, 15) is 4.79 Å². The summed E-state index contributed by atoms with van der Waals surface area (Å²) in [6.45, 7) is 11.9. The molecule has 0 aromatic carbocycles. The first kappa shape index (κ1) is 14.1. The molecule has 2 rings (SSSR count). The van der Waals surface area contributed by atoms with Crippen molar-refractivity contribution in [2.75, 3.05) is 19.7 Å². The average Bonchev–Trinajstić information content (AvgIpc) is 2.46. The van der Waals surface area contributed by atoms with E-state index in [4.69, 9.17) is 4.74 Å². The van der Waals surface area contributed by atoms with E-state index in [1.54, 1.807) is 0 Å². The summed E-state index contributed by atoms with van der Waals surface area (Å²) in [6, 6.07) is 0. The van der Waals surface area contributed by atoms with Crippen molar-refractivity contribution in [1.29, 1.82) is 0 Å². The molecule has 0 saturated carbocycles. The van der Waals surface area contributed by atoms with E-state index >= 15 is 0 Å². The number of hydrogen-bond acceptors (Lipinski definition) is 2. The van der Waals surface area contributed by atoms with Gasteiger partial charge in [-0.1, -0.05) is 32.2 Å². The average molecular weight is 261 g/mol. The van der Waals surface area contributed by atoms with Gasteiger partial charge in [-0.05, 0) is 36.3 Å². The minimum atomic E-state index is -0.243. The second-order valence-corrected chi connectivity index (χ2v) is 5.47. The maximum atomic E-state index is 12.4. The van der Waals surface area contributed by atoms with E-state index in [0.717, 1.165) is 31.4 Å².